The zero-order valence-electron chi connectivity index (χ0n) is 16.4. The number of aromatic nitrogens is 2. The summed E-state index contributed by atoms with van der Waals surface area (Å²) < 4.78 is 5.39. The van der Waals surface area contributed by atoms with Crippen molar-refractivity contribution in [2.45, 2.75) is 53.5 Å². The van der Waals surface area contributed by atoms with Crippen LogP contribution in [0, 0.1) is 21.4 Å². The van der Waals surface area contributed by atoms with Crippen molar-refractivity contribution in [2.24, 2.45) is 11.3 Å². The Labute approximate surface area is 158 Å². The van der Waals surface area contributed by atoms with Gasteiger partial charge >= 0.3 is 0 Å². The van der Waals surface area contributed by atoms with Crippen molar-refractivity contribution in [2.75, 3.05) is 0 Å². The first-order valence-corrected chi connectivity index (χ1v) is 8.98. The van der Waals surface area contributed by atoms with E-state index in [1.54, 1.807) is 12.1 Å². The van der Waals surface area contributed by atoms with Crippen LogP contribution in [0.3, 0.4) is 0 Å². The molecule has 8 heteroatoms. The third-order valence-electron chi connectivity index (χ3n) is 4.24. The topological polar surface area (TPSA) is 111 Å². The van der Waals surface area contributed by atoms with Crippen LogP contribution in [0.15, 0.2) is 28.8 Å². The number of hydrogen-bond donors (Lipinski definition) is 1. The Morgan fingerprint density at radius 2 is 2.07 bits per heavy atom. The molecule has 0 unspecified atom stereocenters. The molecule has 27 heavy (non-hydrogen) atoms. The van der Waals surface area contributed by atoms with E-state index in [4.69, 9.17) is 4.52 Å². The highest BCUT2D eigenvalue weighted by atomic mass is 16.6. The summed E-state index contributed by atoms with van der Waals surface area (Å²) in [7, 11) is 0. The Kier molecular flexibility index (Phi) is 6.30. The summed E-state index contributed by atoms with van der Waals surface area (Å²) in [6.07, 6.45) is 1.20. The monoisotopic (exact) mass is 374 g/mol. The lowest BCUT2D eigenvalue weighted by molar-refractivity contribution is -0.384. The van der Waals surface area contributed by atoms with E-state index in [2.05, 4.69) is 15.5 Å². The lowest BCUT2D eigenvalue weighted by atomic mass is 9.91. The van der Waals surface area contributed by atoms with Crippen molar-refractivity contribution in [3.8, 4) is 11.4 Å². The summed E-state index contributed by atoms with van der Waals surface area (Å²) in [4.78, 5) is 27.3. The van der Waals surface area contributed by atoms with Gasteiger partial charge in [-0.15, -0.1) is 0 Å². The van der Waals surface area contributed by atoms with Crippen molar-refractivity contribution in [3.05, 3.63) is 40.3 Å². The number of nitrogens with zero attached hydrogens (tertiary/aromatic N) is 3. The van der Waals surface area contributed by atoms with Crippen molar-refractivity contribution in [3.63, 3.8) is 0 Å². The van der Waals surface area contributed by atoms with Crippen LogP contribution in [-0.2, 0) is 4.79 Å². The van der Waals surface area contributed by atoms with Gasteiger partial charge in [0, 0.05) is 24.1 Å². The van der Waals surface area contributed by atoms with Crippen LogP contribution in [0.5, 0.6) is 0 Å². The van der Waals surface area contributed by atoms with Gasteiger partial charge in [-0.2, -0.15) is 4.98 Å². The Morgan fingerprint density at radius 3 is 2.67 bits per heavy atom. The van der Waals surface area contributed by atoms with Gasteiger partial charge in [0.25, 0.3) is 5.69 Å². The number of nitro benzene ring substituents is 1. The van der Waals surface area contributed by atoms with Crippen LogP contribution in [0.4, 0.5) is 5.69 Å². The maximum atomic E-state index is 12.4. The molecule has 146 valence electrons. The zero-order valence-corrected chi connectivity index (χ0v) is 16.4. The average molecular weight is 374 g/mol. The molecule has 0 saturated carbocycles. The number of benzene rings is 1. The highest BCUT2D eigenvalue weighted by Gasteiger charge is 2.28. The zero-order chi connectivity index (χ0) is 20.2. The Morgan fingerprint density at radius 1 is 1.37 bits per heavy atom. The van der Waals surface area contributed by atoms with E-state index in [1.165, 1.54) is 12.1 Å². The van der Waals surface area contributed by atoms with Gasteiger partial charge in [0.05, 0.1) is 4.92 Å². The maximum Gasteiger partial charge on any atom is 0.270 e. The van der Waals surface area contributed by atoms with Gasteiger partial charge in [0.1, 0.15) is 6.04 Å². The van der Waals surface area contributed by atoms with Crippen molar-refractivity contribution < 1.29 is 14.2 Å². The minimum atomic E-state index is -0.473. The quantitative estimate of drug-likeness (QED) is 0.572. The maximum absolute atomic E-state index is 12.4. The summed E-state index contributed by atoms with van der Waals surface area (Å²) in [5, 5.41) is 17.9. The molecule has 0 saturated heterocycles. The van der Waals surface area contributed by atoms with Gasteiger partial charge in [-0.1, -0.05) is 58.3 Å². The van der Waals surface area contributed by atoms with Gasteiger partial charge in [-0.3, -0.25) is 14.9 Å². The van der Waals surface area contributed by atoms with Crippen LogP contribution >= 0.6 is 0 Å². The first-order valence-electron chi connectivity index (χ1n) is 8.98. The molecule has 2 atom stereocenters. The first-order chi connectivity index (χ1) is 12.6. The molecule has 0 spiro atoms. The predicted molar refractivity (Wildman–Crippen MR) is 101 cm³/mol. The fourth-order valence-electron chi connectivity index (χ4n) is 2.63. The summed E-state index contributed by atoms with van der Waals surface area (Å²) in [5.41, 5.74) is 0.312. The SMILES string of the molecule is CC[C@@H](C)[C@H](NC(=O)CC(C)(C)C)c1nc(-c2cccc([N+](=O)[O-])c2)no1. The molecule has 0 bridgehead atoms. The second-order valence-electron chi connectivity index (χ2n) is 7.93. The first kappa shape index (κ1) is 20.5. The number of carbonyl (C=O) groups is 1. The molecular weight excluding hydrogens is 348 g/mol. The number of carbonyl (C=O) groups excluding carboxylic acids is 1. The van der Waals surface area contributed by atoms with E-state index in [-0.39, 0.29) is 28.8 Å². The number of hydrogen-bond acceptors (Lipinski definition) is 6. The Hall–Kier alpha value is -2.77. The molecule has 1 aromatic heterocycles. The third-order valence-corrected chi connectivity index (χ3v) is 4.24. The van der Waals surface area contributed by atoms with E-state index in [0.29, 0.717) is 17.9 Å². The molecule has 1 heterocycles. The Bertz CT molecular complexity index is 810. The summed E-state index contributed by atoms with van der Waals surface area (Å²) >= 11 is 0. The number of nitrogens with one attached hydrogen (secondary N) is 1. The molecule has 0 fully saturated rings. The molecular formula is C19H26N4O4. The van der Waals surface area contributed by atoms with E-state index in [0.717, 1.165) is 6.42 Å². The molecule has 1 amide bonds. The number of nitro groups is 1. The summed E-state index contributed by atoms with van der Waals surface area (Å²) in [6.45, 7) is 10.0. The van der Waals surface area contributed by atoms with Crippen LogP contribution in [-0.4, -0.2) is 21.0 Å². The highest BCUT2D eigenvalue weighted by molar-refractivity contribution is 5.77. The van der Waals surface area contributed by atoms with Crippen LogP contribution < -0.4 is 5.32 Å². The normalized spacial score (nSPS) is 13.8. The molecule has 1 aromatic carbocycles. The lowest BCUT2D eigenvalue weighted by Gasteiger charge is -2.23. The largest absolute Gasteiger partial charge is 0.344 e. The van der Waals surface area contributed by atoms with E-state index < -0.39 is 11.0 Å². The predicted octanol–water partition coefficient (Wildman–Crippen LogP) is 4.28. The molecule has 0 aliphatic carbocycles. The summed E-state index contributed by atoms with van der Waals surface area (Å²) in [5.74, 6) is 0.565. The minimum Gasteiger partial charge on any atom is -0.344 e. The number of amides is 1. The Balaban J connectivity index is 2.27. The van der Waals surface area contributed by atoms with Crippen LogP contribution in [0.1, 0.15) is 59.4 Å². The third kappa shape index (κ3) is 5.60. The fourth-order valence-corrected chi connectivity index (χ4v) is 2.63. The van der Waals surface area contributed by atoms with E-state index in [1.807, 2.05) is 34.6 Å². The van der Waals surface area contributed by atoms with Crippen molar-refractivity contribution in [1.29, 1.82) is 0 Å². The average Bonchev–Trinajstić information content (AvgIpc) is 3.07. The molecule has 0 aliphatic heterocycles. The van der Waals surface area contributed by atoms with Crippen LogP contribution in [0.2, 0.25) is 0 Å². The summed E-state index contributed by atoms with van der Waals surface area (Å²) in [6, 6.07) is 5.63. The smallest absolute Gasteiger partial charge is 0.270 e. The molecule has 8 nitrogen and oxygen atoms in total. The second-order valence-corrected chi connectivity index (χ2v) is 7.93. The van der Waals surface area contributed by atoms with Gasteiger partial charge in [-0.25, -0.2) is 0 Å². The number of non-ortho nitro benzene ring substituents is 1. The van der Waals surface area contributed by atoms with Crippen molar-refractivity contribution >= 4 is 11.6 Å². The molecule has 0 radical (unpaired) electrons. The van der Waals surface area contributed by atoms with Crippen LogP contribution in [0.25, 0.3) is 11.4 Å². The minimum absolute atomic E-state index is 0.0455. The van der Waals surface area contributed by atoms with Gasteiger partial charge < -0.3 is 9.84 Å². The number of rotatable bonds is 7. The molecule has 1 N–H and O–H groups in total. The standard InChI is InChI=1S/C19H26N4O4/c1-6-12(2)16(20-15(24)11-19(3,4)5)18-21-17(22-27-18)13-8-7-9-14(10-13)23(25)26/h7-10,12,16H,6,11H2,1-5H3,(H,20,24)/t12-,16+/m1/s1. The molecule has 2 aromatic rings. The fraction of sp³-hybridized carbons (Fsp3) is 0.526. The van der Waals surface area contributed by atoms with Gasteiger partial charge in [0.15, 0.2) is 0 Å². The van der Waals surface area contributed by atoms with E-state index >= 15 is 0 Å². The highest BCUT2D eigenvalue weighted by Crippen LogP contribution is 2.28. The lowest BCUT2D eigenvalue weighted by Crippen LogP contribution is -2.34. The molecule has 2 rings (SSSR count). The molecule has 0 aliphatic rings. The van der Waals surface area contributed by atoms with Gasteiger partial charge in [-0.05, 0) is 11.3 Å². The van der Waals surface area contributed by atoms with Crippen molar-refractivity contribution in [1.82, 2.24) is 15.5 Å². The van der Waals surface area contributed by atoms with E-state index in [9.17, 15) is 14.9 Å². The second kappa shape index (κ2) is 8.28. The van der Waals surface area contributed by atoms with Gasteiger partial charge in [0.2, 0.25) is 17.6 Å².